The van der Waals surface area contributed by atoms with Crippen LogP contribution in [0.3, 0.4) is 0 Å². The molecule has 0 aliphatic carbocycles. The maximum Gasteiger partial charge on any atom is 0.326 e. The molecule has 0 amide bonds. The second-order valence-electron chi connectivity index (χ2n) is 4.56. The maximum absolute atomic E-state index is 12.0. The van der Waals surface area contributed by atoms with Gasteiger partial charge >= 0.3 is 5.97 Å². The van der Waals surface area contributed by atoms with Crippen molar-refractivity contribution in [2.45, 2.75) is 32.8 Å². The molecule has 1 aromatic rings. The monoisotopic (exact) mass is 256 g/mol. The molecule has 2 atom stereocenters. The van der Waals surface area contributed by atoms with Crippen molar-refractivity contribution in [1.82, 2.24) is 0 Å². The van der Waals surface area contributed by atoms with Crippen LogP contribution in [0, 0.1) is 28.1 Å². The van der Waals surface area contributed by atoms with Gasteiger partial charge in [0.15, 0.2) is 5.41 Å². The molecule has 0 saturated carbocycles. The van der Waals surface area contributed by atoms with E-state index in [0.29, 0.717) is 0 Å². The Morgan fingerprint density at radius 3 is 2.53 bits per heavy atom. The number of ether oxygens (including phenoxy) is 1. The zero-order valence-electron chi connectivity index (χ0n) is 11.1. The van der Waals surface area contributed by atoms with Crippen molar-refractivity contribution in [2.75, 3.05) is 0 Å². The van der Waals surface area contributed by atoms with E-state index in [9.17, 15) is 4.79 Å². The van der Waals surface area contributed by atoms with E-state index < -0.39 is 17.5 Å². The lowest BCUT2D eigenvalue weighted by atomic mass is 9.87. The van der Waals surface area contributed by atoms with Crippen LogP contribution < -0.4 is 0 Å². The topological polar surface area (TPSA) is 73.9 Å². The molecular weight excluding hydrogens is 240 g/mol. The van der Waals surface area contributed by atoms with Crippen LogP contribution in [0.15, 0.2) is 30.3 Å². The molecule has 19 heavy (non-hydrogen) atoms. The van der Waals surface area contributed by atoms with Gasteiger partial charge in [-0.1, -0.05) is 30.3 Å². The second kappa shape index (κ2) is 6.56. The maximum atomic E-state index is 12.0. The lowest BCUT2D eigenvalue weighted by Crippen LogP contribution is -2.29. The van der Waals surface area contributed by atoms with E-state index in [0.717, 1.165) is 5.56 Å². The number of benzene rings is 1. The Morgan fingerprint density at radius 2 is 2.00 bits per heavy atom. The molecule has 0 heterocycles. The van der Waals surface area contributed by atoms with Gasteiger partial charge < -0.3 is 4.74 Å². The lowest BCUT2D eigenvalue weighted by molar-refractivity contribution is -0.157. The first kappa shape index (κ1) is 14.7. The molecular formula is C15H16N2O2. The fraction of sp³-hybridized carbons (Fsp3) is 0.400. The first-order valence-corrected chi connectivity index (χ1v) is 6.07. The molecule has 0 fully saturated rings. The van der Waals surface area contributed by atoms with Crippen LogP contribution in [0.5, 0.6) is 0 Å². The third-order valence-electron chi connectivity index (χ3n) is 2.99. The highest BCUT2D eigenvalue weighted by atomic mass is 16.5. The summed E-state index contributed by atoms with van der Waals surface area (Å²) in [4.78, 5) is 12.0. The molecule has 4 nitrogen and oxygen atoms in total. The van der Waals surface area contributed by atoms with Crippen LogP contribution in [-0.4, -0.2) is 5.97 Å². The van der Waals surface area contributed by atoms with Gasteiger partial charge in [-0.15, -0.1) is 0 Å². The molecule has 0 aliphatic heterocycles. The van der Waals surface area contributed by atoms with Gasteiger partial charge in [0.1, 0.15) is 6.10 Å². The van der Waals surface area contributed by atoms with E-state index >= 15 is 0 Å². The summed E-state index contributed by atoms with van der Waals surface area (Å²) in [6, 6.07) is 13.2. The fourth-order valence-corrected chi connectivity index (χ4v) is 1.59. The number of esters is 1. The minimum absolute atomic E-state index is 0.152. The Balaban J connectivity index is 2.74. The van der Waals surface area contributed by atoms with Gasteiger partial charge in [-0.3, -0.25) is 4.79 Å². The Morgan fingerprint density at radius 1 is 1.37 bits per heavy atom. The predicted octanol–water partition coefficient (Wildman–Crippen LogP) is 3.12. The van der Waals surface area contributed by atoms with Crippen LogP contribution in [0.1, 0.15) is 38.4 Å². The van der Waals surface area contributed by atoms with Crippen molar-refractivity contribution in [3.05, 3.63) is 35.9 Å². The number of nitrogens with zero attached hydrogens (tertiary/aromatic N) is 2. The second-order valence-corrected chi connectivity index (χ2v) is 4.56. The molecule has 98 valence electrons. The summed E-state index contributed by atoms with van der Waals surface area (Å²) < 4.78 is 5.32. The van der Waals surface area contributed by atoms with E-state index in [1.54, 1.807) is 6.92 Å². The van der Waals surface area contributed by atoms with Gasteiger partial charge in [0.25, 0.3) is 0 Å². The summed E-state index contributed by atoms with van der Waals surface area (Å²) in [6.45, 7) is 3.26. The Kier molecular flexibility index (Phi) is 5.09. The molecule has 0 saturated heterocycles. The number of carbonyl (C=O) groups excluding carboxylic acids is 1. The SMILES string of the molecule is CC(OC(=O)C(C)(C#N)CCC#N)c1ccccc1. The number of rotatable bonds is 5. The van der Waals surface area contributed by atoms with Crippen molar-refractivity contribution >= 4 is 5.97 Å². The molecule has 0 spiro atoms. The highest BCUT2D eigenvalue weighted by Crippen LogP contribution is 2.27. The average molecular weight is 256 g/mol. The number of hydrogen-bond donors (Lipinski definition) is 0. The number of nitriles is 2. The molecule has 0 N–H and O–H groups in total. The molecule has 2 unspecified atom stereocenters. The van der Waals surface area contributed by atoms with Crippen molar-refractivity contribution < 1.29 is 9.53 Å². The summed E-state index contributed by atoms with van der Waals surface area (Å²) in [5.74, 6) is -0.582. The first-order valence-electron chi connectivity index (χ1n) is 6.07. The third kappa shape index (κ3) is 3.82. The van der Waals surface area contributed by atoms with Crippen LogP contribution in [-0.2, 0) is 9.53 Å². The highest BCUT2D eigenvalue weighted by molar-refractivity contribution is 5.79. The minimum Gasteiger partial charge on any atom is -0.457 e. The van der Waals surface area contributed by atoms with Gasteiger partial charge in [0, 0.05) is 6.42 Å². The van der Waals surface area contributed by atoms with E-state index in [1.807, 2.05) is 42.5 Å². The van der Waals surface area contributed by atoms with Crippen molar-refractivity contribution in [2.24, 2.45) is 5.41 Å². The molecule has 1 rings (SSSR count). The summed E-state index contributed by atoms with van der Waals surface area (Å²) in [5, 5.41) is 17.7. The van der Waals surface area contributed by atoms with Crippen LogP contribution in [0.2, 0.25) is 0 Å². The van der Waals surface area contributed by atoms with Gasteiger partial charge in [-0.05, 0) is 25.8 Å². The van der Waals surface area contributed by atoms with Gasteiger partial charge in [-0.25, -0.2) is 0 Å². The normalized spacial score (nSPS) is 14.5. The van der Waals surface area contributed by atoms with Crippen LogP contribution in [0.25, 0.3) is 0 Å². The van der Waals surface area contributed by atoms with Gasteiger partial charge in [0.2, 0.25) is 0 Å². The smallest absolute Gasteiger partial charge is 0.326 e. The third-order valence-corrected chi connectivity index (χ3v) is 2.99. The highest BCUT2D eigenvalue weighted by Gasteiger charge is 2.35. The van der Waals surface area contributed by atoms with Crippen LogP contribution in [0.4, 0.5) is 0 Å². The number of carbonyl (C=O) groups is 1. The lowest BCUT2D eigenvalue weighted by Gasteiger charge is -2.22. The summed E-state index contributed by atoms with van der Waals surface area (Å²) in [6.07, 6.45) is -0.0809. The Hall–Kier alpha value is -2.33. The molecule has 1 aromatic carbocycles. The number of hydrogen-bond acceptors (Lipinski definition) is 4. The Labute approximate surface area is 113 Å². The first-order chi connectivity index (χ1) is 9.03. The van der Waals surface area contributed by atoms with Crippen molar-refractivity contribution in [1.29, 1.82) is 10.5 Å². The van der Waals surface area contributed by atoms with E-state index in [-0.39, 0.29) is 12.8 Å². The van der Waals surface area contributed by atoms with E-state index in [1.165, 1.54) is 6.92 Å². The quantitative estimate of drug-likeness (QED) is 0.758. The minimum atomic E-state index is -1.27. The summed E-state index contributed by atoms with van der Waals surface area (Å²) in [5.41, 5.74) is -0.393. The van der Waals surface area contributed by atoms with Gasteiger partial charge in [-0.2, -0.15) is 10.5 Å². The standard InChI is InChI=1S/C15H16N2O2/c1-12(13-7-4-3-5-8-13)19-14(18)15(2,11-17)9-6-10-16/h3-5,7-8,12H,6,9H2,1-2H3. The van der Waals surface area contributed by atoms with E-state index in [2.05, 4.69) is 0 Å². The van der Waals surface area contributed by atoms with E-state index in [4.69, 9.17) is 15.3 Å². The van der Waals surface area contributed by atoms with Crippen molar-refractivity contribution in [3.8, 4) is 12.1 Å². The average Bonchev–Trinajstić information content (AvgIpc) is 2.45. The zero-order valence-corrected chi connectivity index (χ0v) is 11.1. The molecule has 0 bridgehead atoms. The summed E-state index contributed by atoms with van der Waals surface area (Å²) >= 11 is 0. The fourth-order valence-electron chi connectivity index (χ4n) is 1.59. The van der Waals surface area contributed by atoms with Gasteiger partial charge in [0.05, 0.1) is 12.1 Å². The predicted molar refractivity (Wildman–Crippen MR) is 69.5 cm³/mol. The largest absolute Gasteiger partial charge is 0.457 e. The molecule has 0 aliphatic rings. The zero-order chi connectivity index (χ0) is 14.3. The van der Waals surface area contributed by atoms with Crippen molar-refractivity contribution in [3.63, 3.8) is 0 Å². The molecule has 0 radical (unpaired) electrons. The molecule has 4 heteroatoms. The molecule has 0 aromatic heterocycles. The van der Waals surface area contributed by atoms with Crippen LogP contribution >= 0.6 is 0 Å². The summed E-state index contributed by atoms with van der Waals surface area (Å²) in [7, 11) is 0. The Bertz CT molecular complexity index is 513.